The Balaban J connectivity index is 1.18. The van der Waals surface area contributed by atoms with Crippen LogP contribution in [0.2, 0.25) is 0 Å². The third kappa shape index (κ3) is 6.31. The van der Waals surface area contributed by atoms with Crippen molar-refractivity contribution in [3.63, 3.8) is 0 Å². The van der Waals surface area contributed by atoms with Gasteiger partial charge in [0.2, 0.25) is 5.91 Å². The Labute approximate surface area is 198 Å². The van der Waals surface area contributed by atoms with Crippen molar-refractivity contribution in [3.8, 4) is 5.75 Å². The highest BCUT2D eigenvalue weighted by atomic mass is 19.1. The third-order valence-corrected chi connectivity index (χ3v) is 6.31. The van der Waals surface area contributed by atoms with Gasteiger partial charge in [-0.1, -0.05) is 17.7 Å². The van der Waals surface area contributed by atoms with E-state index >= 15 is 0 Å². The third-order valence-electron chi connectivity index (χ3n) is 6.31. The van der Waals surface area contributed by atoms with Crippen LogP contribution in [-0.4, -0.2) is 29.4 Å². The fraction of sp³-hybridized carbons (Fsp3) is 0.370. The number of aryl methyl sites for hydroxylation is 2. The topological polar surface area (TPSA) is 80.3 Å². The molecule has 1 heterocycles. The summed E-state index contributed by atoms with van der Waals surface area (Å²) in [6.45, 7) is 3.56. The molecule has 34 heavy (non-hydrogen) atoms. The van der Waals surface area contributed by atoms with Crippen LogP contribution in [0.15, 0.2) is 48.5 Å². The maximum Gasteiger partial charge on any atom is 0.258 e. The second-order valence-electron chi connectivity index (χ2n) is 9.13. The van der Waals surface area contributed by atoms with Gasteiger partial charge < -0.3 is 15.4 Å². The normalized spacial score (nSPS) is 17.9. The first kappa shape index (κ1) is 23.7. The van der Waals surface area contributed by atoms with Gasteiger partial charge in [0.15, 0.2) is 6.61 Å². The molecule has 1 saturated carbocycles. The number of hydrogen-bond acceptors (Lipinski definition) is 4. The molecular weight excluding hydrogens is 433 g/mol. The van der Waals surface area contributed by atoms with E-state index in [1.54, 1.807) is 19.1 Å². The Hall–Kier alpha value is -3.48. The Morgan fingerprint density at radius 1 is 1.00 bits per heavy atom. The summed E-state index contributed by atoms with van der Waals surface area (Å²) >= 11 is 0. The molecule has 7 heteroatoms. The van der Waals surface area contributed by atoms with Gasteiger partial charge in [-0.05, 0) is 81.3 Å². The van der Waals surface area contributed by atoms with Crippen LogP contribution in [0, 0.1) is 25.6 Å². The second kappa shape index (κ2) is 10.6. The highest BCUT2D eigenvalue weighted by Gasteiger charge is 2.24. The van der Waals surface area contributed by atoms with Crippen LogP contribution in [-0.2, 0) is 9.59 Å². The van der Waals surface area contributed by atoms with Crippen molar-refractivity contribution in [1.29, 1.82) is 0 Å². The Morgan fingerprint density at radius 3 is 2.56 bits per heavy atom. The van der Waals surface area contributed by atoms with Crippen LogP contribution in [0.4, 0.5) is 10.2 Å². The molecule has 1 aliphatic carbocycles. The molecule has 1 aliphatic rings. The second-order valence-corrected chi connectivity index (χ2v) is 9.13. The van der Waals surface area contributed by atoms with Gasteiger partial charge in [0.1, 0.15) is 17.4 Å². The smallest absolute Gasteiger partial charge is 0.258 e. The summed E-state index contributed by atoms with van der Waals surface area (Å²) in [5.74, 6) is 0.569. The molecule has 0 bridgehead atoms. The summed E-state index contributed by atoms with van der Waals surface area (Å²) in [6, 6.07) is 14.5. The first-order valence-electron chi connectivity index (χ1n) is 11.7. The first-order chi connectivity index (χ1) is 16.4. The molecule has 4 rings (SSSR count). The van der Waals surface area contributed by atoms with Crippen molar-refractivity contribution in [2.24, 2.45) is 5.92 Å². The molecule has 1 fully saturated rings. The van der Waals surface area contributed by atoms with Gasteiger partial charge in [0.25, 0.3) is 5.91 Å². The number of carbonyl (C=O) groups excluding carboxylic acids is 2. The number of rotatable bonds is 7. The Bertz CT molecular complexity index is 1190. The molecule has 0 unspecified atom stereocenters. The molecule has 2 aromatic carbocycles. The van der Waals surface area contributed by atoms with E-state index in [4.69, 9.17) is 4.74 Å². The molecule has 0 aliphatic heterocycles. The summed E-state index contributed by atoms with van der Waals surface area (Å²) in [6.07, 6.45) is 3.81. The molecule has 2 N–H and O–H groups in total. The van der Waals surface area contributed by atoms with Crippen LogP contribution >= 0.6 is 0 Å². The molecule has 1 aromatic heterocycles. The van der Waals surface area contributed by atoms with E-state index in [0.29, 0.717) is 23.6 Å². The number of amides is 2. The molecule has 0 spiro atoms. The predicted molar refractivity (Wildman–Crippen MR) is 130 cm³/mol. The van der Waals surface area contributed by atoms with E-state index in [1.165, 1.54) is 11.6 Å². The summed E-state index contributed by atoms with van der Waals surface area (Å²) in [7, 11) is 0. The van der Waals surface area contributed by atoms with Crippen molar-refractivity contribution >= 4 is 28.5 Å². The van der Waals surface area contributed by atoms with Crippen molar-refractivity contribution in [1.82, 2.24) is 10.3 Å². The van der Waals surface area contributed by atoms with Gasteiger partial charge in [-0.2, -0.15) is 0 Å². The minimum Gasteiger partial charge on any atom is -0.484 e. The van der Waals surface area contributed by atoms with Gasteiger partial charge in [-0.15, -0.1) is 0 Å². The first-order valence-corrected chi connectivity index (χ1v) is 11.7. The number of pyridine rings is 1. The number of aromatic nitrogens is 1. The molecular formula is C27H30FN3O3. The number of nitrogens with one attached hydrogen (secondary N) is 2. The van der Waals surface area contributed by atoms with Crippen LogP contribution < -0.4 is 15.4 Å². The van der Waals surface area contributed by atoms with E-state index in [-0.39, 0.29) is 36.2 Å². The minimum absolute atomic E-state index is 0.0369. The minimum atomic E-state index is -0.355. The number of hydrogen-bond donors (Lipinski definition) is 2. The lowest BCUT2D eigenvalue weighted by atomic mass is 9.84. The van der Waals surface area contributed by atoms with Gasteiger partial charge in [-0.25, -0.2) is 9.37 Å². The van der Waals surface area contributed by atoms with E-state index in [2.05, 4.69) is 21.7 Å². The molecule has 3 aromatic rings. The van der Waals surface area contributed by atoms with Crippen molar-refractivity contribution in [2.75, 3.05) is 11.9 Å². The average molecular weight is 464 g/mol. The van der Waals surface area contributed by atoms with E-state index in [0.717, 1.165) is 36.6 Å². The van der Waals surface area contributed by atoms with Crippen LogP contribution in [0.3, 0.4) is 0 Å². The highest BCUT2D eigenvalue weighted by Crippen LogP contribution is 2.27. The van der Waals surface area contributed by atoms with Gasteiger partial charge in [0.05, 0.1) is 5.52 Å². The molecule has 0 saturated heterocycles. The number of benzene rings is 2. The maximum atomic E-state index is 13.6. The molecule has 6 nitrogen and oxygen atoms in total. The quantitative estimate of drug-likeness (QED) is 0.513. The van der Waals surface area contributed by atoms with Gasteiger partial charge in [0, 0.05) is 23.9 Å². The van der Waals surface area contributed by atoms with Crippen molar-refractivity contribution < 1.29 is 18.7 Å². The summed E-state index contributed by atoms with van der Waals surface area (Å²) in [5.41, 5.74) is 2.56. The monoisotopic (exact) mass is 463 g/mol. The zero-order valence-corrected chi connectivity index (χ0v) is 19.6. The lowest BCUT2D eigenvalue weighted by Gasteiger charge is -2.28. The van der Waals surface area contributed by atoms with Gasteiger partial charge >= 0.3 is 0 Å². The standard InChI is InChI=1S/C27H30FN3O3/c1-17-3-11-24-20(13-17)7-12-25(30-24)31-26(32)14-19-5-8-21(9-6-19)29-27(33)16-34-22-10-4-18(2)23(28)15-22/h3-4,7,10-13,15,19,21H,5-6,8-9,14,16H2,1-2H3,(H,29,33)(H,30,31,32). The maximum absolute atomic E-state index is 13.6. The lowest BCUT2D eigenvalue weighted by Crippen LogP contribution is -2.40. The molecule has 0 atom stereocenters. The summed E-state index contributed by atoms with van der Waals surface area (Å²) in [4.78, 5) is 29.3. The zero-order chi connectivity index (χ0) is 24.1. The fourth-order valence-electron chi connectivity index (χ4n) is 4.36. The van der Waals surface area contributed by atoms with E-state index in [1.807, 2.05) is 31.2 Å². The predicted octanol–water partition coefficient (Wildman–Crippen LogP) is 5.07. The zero-order valence-electron chi connectivity index (χ0n) is 19.6. The fourth-order valence-corrected chi connectivity index (χ4v) is 4.36. The summed E-state index contributed by atoms with van der Waals surface area (Å²) < 4.78 is 19.0. The lowest BCUT2D eigenvalue weighted by molar-refractivity contribution is -0.124. The number of carbonyl (C=O) groups is 2. The number of anilines is 1. The largest absolute Gasteiger partial charge is 0.484 e. The number of fused-ring (bicyclic) bond motifs is 1. The van der Waals surface area contributed by atoms with Crippen LogP contribution in [0.25, 0.3) is 10.9 Å². The highest BCUT2D eigenvalue weighted by molar-refractivity contribution is 5.91. The molecule has 2 amide bonds. The molecule has 0 radical (unpaired) electrons. The molecule has 178 valence electrons. The average Bonchev–Trinajstić information content (AvgIpc) is 2.81. The van der Waals surface area contributed by atoms with Crippen LogP contribution in [0.1, 0.15) is 43.2 Å². The number of ether oxygens (including phenoxy) is 1. The van der Waals surface area contributed by atoms with Crippen molar-refractivity contribution in [3.05, 3.63) is 65.5 Å². The van der Waals surface area contributed by atoms with E-state index < -0.39 is 0 Å². The number of nitrogens with zero attached hydrogens (tertiary/aromatic N) is 1. The Morgan fingerprint density at radius 2 is 1.79 bits per heavy atom. The number of halogens is 1. The van der Waals surface area contributed by atoms with Crippen LogP contribution in [0.5, 0.6) is 5.75 Å². The van der Waals surface area contributed by atoms with Gasteiger partial charge in [-0.3, -0.25) is 9.59 Å². The Kier molecular flexibility index (Phi) is 7.40. The summed E-state index contributed by atoms with van der Waals surface area (Å²) in [5, 5.41) is 6.95. The van der Waals surface area contributed by atoms with E-state index in [9.17, 15) is 14.0 Å². The SMILES string of the molecule is Cc1ccc2nc(NC(=O)CC3CCC(NC(=O)COc4ccc(C)c(F)c4)CC3)ccc2c1. The van der Waals surface area contributed by atoms with Crippen molar-refractivity contribution in [2.45, 2.75) is 52.0 Å².